The molecule has 7 heteroatoms. The number of fused-ring (bicyclic) bond motifs is 1. The summed E-state index contributed by atoms with van der Waals surface area (Å²) in [5, 5.41) is 0.342. The number of benzene rings is 2. The molecule has 0 aromatic heterocycles. The molecule has 0 spiro atoms. The standard InChI is InChI=1S/C22H25NO5S/c1-2-25-17-4-6-18(7-5-17)26-14-22(24)23-10-9-21(29-12-11-23)16-3-8-19-20(13-16)28-15-27-19/h3-8,13,21H,2,9-12,14-15H2,1H3. The molecular formula is C22H25NO5S. The van der Waals surface area contributed by atoms with E-state index in [2.05, 4.69) is 12.1 Å². The predicted octanol–water partition coefficient (Wildman–Crippen LogP) is 3.90. The van der Waals surface area contributed by atoms with E-state index in [-0.39, 0.29) is 19.3 Å². The fourth-order valence-corrected chi connectivity index (χ4v) is 4.66. The minimum absolute atomic E-state index is 0.0193. The molecule has 1 fully saturated rings. The monoisotopic (exact) mass is 415 g/mol. The third-order valence-electron chi connectivity index (χ3n) is 4.96. The first-order chi connectivity index (χ1) is 14.2. The van der Waals surface area contributed by atoms with E-state index < -0.39 is 0 Å². The molecule has 0 aliphatic carbocycles. The van der Waals surface area contributed by atoms with Gasteiger partial charge in [0, 0.05) is 24.1 Å². The van der Waals surface area contributed by atoms with Crippen LogP contribution in [-0.2, 0) is 4.79 Å². The summed E-state index contributed by atoms with van der Waals surface area (Å²) in [5.41, 5.74) is 1.22. The number of hydrogen-bond donors (Lipinski definition) is 0. The summed E-state index contributed by atoms with van der Waals surface area (Å²) in [4.78, 5) is 14.5. The normalized spacial score (nSPS) is 18.2. The maximum Gasteiger partial charge on any atom is 0.260 e. The Kier molecular flexibility index (Phi) is 6.34. The van der Waals surface area contributed by atoms with Gasteiger partial charge in [-0.25, -0.2) is 0 Å². The summed E-state index contributed by atoms with van der Waals surface area (Å²) < 4.78 is 22.0. The van der Waals surface area contributed by atoms with Gasteiger partial charge >= 0.3 is 0 Å². The Hall–Kier alpha value is -2.54. The van der Waals surface area contributed by atoms with E-state index in [1.165, 1.54) is 5.56 Å². The quantitative estimate of drug-likeness (QED) is 0.713. The Morgan fingerprint density at radius 3 is 2.62 bits per heavy atom. The maximum absolute atomic E-state index is 12.6. The van der Waals surface area contributed by atoms with Gasteiger partial charge in [0.25, 0.3) is 5.91 Å². The molecule has 154 valence electrons. The van der Waals surface area contributed by atoms with Gasteiger partial charge in [0.15, 0.2) is 18.1 Å². The van der Waals surface area contributed by atoms with Crippen LogP contribution < -0.4 is 18.9 Å². The van der Waals surface area contributed by atoms with Gasteiger partial charge in [-0.1, -0.05) is 6.07 Å². The van der Waals surface area contributed by atoms with Crippen LogP contribution in [0.4, 0.5) is 0 Å². The summed E-state index contributed by atoms with van der Waals surface area (Å²) in [6.45, 7) is 4.36. The molecule has 2 heterocycles. The van der Waals surface area contributed by atoms with E-state index in [0.29, 0.717) is 17.6 Å². The second-order valence-corrected chi connectivity index (χ2v) is 8.15. The number of carbonyl (C=O) groups excluding carboxylic acids is 1. The average Bonchev–Trinajstić information content (AvgIpc) is 3.08. The first-order valence-electron chi connectivity index (χ1n) is 9.87. The van der Waals surface area contributed by atoms with E-state index in [0.717, 1.165) is 42.5 Å². The average molecular weight is 416 g/mol. The first kappa shape index (κ1) is 19.8. The number of nitrogens with zero attached hydrogens (tertiary/aromatic N) is 1. The Labute approximate surface area is 175 Å². The topological polar surface area (TPSA) is 57.2 Å². The van der Waals surface area contributed by atoms with Crippen molar-refractivity contribution in [2.24, 2.45) is 0 Å². The minimum Gasteiger partial charge on any atom is -0.494 e. The smallest absolute Gasteiger partial charge is 0.260 e. The highest BCUT2D eigenvalue weighted by molar-refractivity contribution is 7.99. The van der Waals surface area contributed by atoms with E-state index in [9.17, 15) is 4.79 Å². The van der Waals surface area contributed by atoms with Crippen molar-refractivity contribution in [3.8, 4) is 23.0 Å². The second-order valence-electron chi connectivity index (χ2n) is 6.83. The first-order valence-corrected chi connectivity index (χ1v) is 10.9. The summed E-state index contributed by atoms with van der Waals surface area (Å²) in [6.07, 6.45) is 0.902. The van der Waals surface area contributed by atoms with Gasteiger partial charge in [-0.05, 0) is 55.3 Å². The third kappa shape index (κ3) is 4.90. The fourth-order valence-electron chi connectivity index (χ4n) is 3.43. The molecule has 29 heavy (non-hydrogen) atoms. The maximum atomic E-state index is 12.6. The van der Waals surface area contributed by atoms with Crippen molar-refractivity contribution >= 4 is 17.7 Å². The molecular weight excluding hydrogens is 390 g/mol. The highest BCUT2D eigenvalue weighted by atomic mass is 32.2. The Morgan fingerprint density at radius 2 is 1.83 bits per heavy atom. The van der Waals surface area contributed by atoms with Crippen molar-refractivity contribution in [2.75, 3.05) is 38.8 Å². The number of rotatable bonds is 6. The Bertz CT molecular complexity index is 842. The zero-order valence-electron chi connectivity index (χ0n) is 16.5. The van der Waals surface area contributed by atoms with Crippen molar-refractivity contribution in [3.05, 3.63) is 48.0 Å². The van der Waals surface area contributed by atoms with Crippen LogP contribution in [-0.4, -0.2) is 49.7 Å². The van der Waals surface area contributed by atoms with E-state index >= 15 is 0 Å². The van der Waals surface area contributed by atoms with Crippen LogP contribution in [0, 0.1) is 0 Å². The number of amides is 1. The molecule has 2 aliphatic rings. The lowest BCUT2D eigenvalue weighted by molar-refractivity contribution is -0.133. The molecule has 0 saturated carbocycles. The lowest BCUT2D eigenvalue weighted by Gasteiger charge is -2.20. The van der Waals surface area contributed by atoms with Crippen molar-refractivity contribution in [1.82, 2.24) is 4.90 Å². The van der Waals surface area contributed by atoms with Gasteiger partial charge in [-0.3, -0.25) is 4.79 Å². The summed E-state index contributed by atoms with van der Waals surface area (Å²) in [6, 6.07) is 13.5. The number of thioether (sulfide) groups is 1. The number of carbonyl (C=O) groups is 1. The molecule has 1 atom stereocenters. The SMILES string of the molecule is CCOc1ccc(OCC(=O)N2CCSC(c3ccc4c(c3)OCO4)CC2)cc1. The van der Waals surface area contributed by atoms with Crippen LogP contribution in [0.3, 0.4) is 0 Å². The van der Waals surface area contributed by atoms with E-state index in [1.807, 2.05) is 53.9 Å². The second kappa shape index (κ2) is 9.31. The third-order valence-corrected chi connectivity index (χ3v) is 6.29. The summed E-state index contributed by atoms with van der Waals surface area (Å²) in [5.74, 6) is 3.99. The van der Waals surface area contributed by atoms with Crippen molar-refractivity contribution in [2.45, 2.75) is 18.6 Å². The molecule has 2 aromatic rings. The highest BCUT2D eigenvalue weighted by Crippen LogP contribution is 2.40. The zero-order valence-corrected chi connectivity index (χ0v) is 17.3. The lowest BCUT2D eigenvalue weighted by Crippen LogP contribution is -2.36. The molecule has 1 saturated heterocycles. The minimum atomic E-state index is 0.0193. The lowest BCUT2D eigenvalue weighted by atomic mass is 10.1. The summed E-state index contributed by atoms with van der Waals surface area (Å²) >= 11 is 1.88. The predicted molar refractivity (Wildman–Crippen MR) is 112 cm³/mol. The van der Waals surface area contributed by atoms with Crippen LogP contribution in [0.2, 0.25) is 0 Å². The molecule has 1 amide bonds. The Balaban J connectivity index is 1.29. The van der Waals surface area contributed by atoms with Gasteiger partial charge in [-0.15, -0.1) is 0 Å². The Morgan fingerprint density at radius 1 is 1.07 bits per heavy atom. The van der Waals surface area contributed by atoms with Gasteiger partial charge in [0.05, 0.1) is 6.61 Å². The van der Waals surface area contributed by atoms with Crippen molar-refractivity contribution in [3.63, 3.8) is 0 Å². The molecule has 4 rings (SSSR count). The zero-order chi connectivity index (χ0) is 20.1. The van der Waals surface area contributed by atoms with Gasteiger partial charge < -0.3 is 23.8 Å². The summed E-state index contributed by atoms with van der Waals surface area (Å²) in [7, 11) is 0. The van der Waals surface area contributed by atoms with Crippen LogP contribution in [0.5, 0.6) is 23.0 Å². The van der Waals surface area contributed by atoms with Gasteiger partial charge in [0.1, 0.15) is 11.5 Å². The van der Waals surface area contributed by atoms with Gasteiger partial charge in [-0.2, -0.15) is 11.8 Å². The number of hydrogen-bond acceptors (Lipinski definition) is 6. The van der Waals surface area contributed by atoms with E-state index in [4.69, 9.17) is 18.9 Å². The number of ether oxygens (including phenoxy) is 4. The molecule has 6 nitrogen and oxygen atoms in total. The van der Waals surface area contributed by atoms with Gasteiger partial charge in [0.2, 0.25) is 6.79 Å². The largest absolute Gasteiger partial charge is 0.494 e. The fraction of sp³-hybridized carbons (Fsp3) is 0.409. The van der Waals surface area contributed by atoms with Crippen LogP contribution in [0.1, 0.15) is 24.2 Å². The molecule has 0 N–H and O–H groups in total. The highest BCUT2D eigenvalue weighted by Gasteiger charge is 2.24. The van der Waals surface area contributed by atoms with Crippen LogP contribution in [0.25, 0.3) is 0 Å². The van der Waals surface area contributed by atoms with Crippen molar-refractivity contribution < 1.29 is 23.7 Å². The van der Waals surface area contributed by atoms with Crippen molar-refractivity contribution in [1.29, 1.82) is 0 Å². The molecule has 1 unspecified atom stereocenters. The molecule has 2 aromatic carbocycles. The molecule has 0 bridgehead atoms. The molecule has 0 radical (unpaired) electrons. The van der Waals surface area contributed by atoms with E-state index in [1.54, 1.807) is 0 Å². The van der Waals surface area contributed by atoms with Crippen LogP contribution in [0.15, 0.2) is 42.5 Å². The van der Waals surface area contributed by atoms with Crippen LogP contribution >= 0.6 is 11.8 Å². The molecule has 2 aliphatic heterocycles.